The molecule has 0 unspecified atom stereocenters. The van der Waals surface area contributed by atoms with Crippen LogP contribution < -0.4 is 5.32 Å². The van der Waals surface area contributed by atoms with Gasteiger partial charge in [0.2, 0.25) is 0 Å². The number of ether oxygens (including phenoxy) is 1. The standard InChI is InChI=1S/C9H17NO3/c1-5-9(3,4)10-7(11)8(12)13-6-2/h5-6H2,1-4H3,(H,10,11). The van der Waals surface area contributed by atoms with Crippen LogP contribution in [0.5, 0.6) is 0 Å². The fourth-order valence-corrected chi connectivity index (χ4v) is 0.643. The van der Waals surface area contributed by atoms with E-state index in [9.17, 15) is 9.59 Å². The Morgan fingerprint density at radius 3 is 2.23 bits per heavy atom. The maximum absolute atomic E-state index is 11.1. The molecule has 0 atom stereocenters. The summed E-state index contributed by atoms with van der Waals surface area (Å²) < 4.78 is 4.54. The van der Waals surface area contributed by atoms with Crippen LogP contribution in [-0.4, -0.2) is 24.0 Å². The average molecular weight is 187 g/mol. The van der Waals surface area contributed by atoms with Gasteiger partial charge in [0, 0.05) is 5.54 Å². The Bertz CT molecular complexity index is 199. The lowest BCUT2D eigenvalue weighted by Gasteiger charge is -2.23. The number of nitrogens with one attached hydrogen (secondary N) is 1. The first-order valence-corrected chi connectivity index (χ1v) is 4.42. The van der Waals surface area contributed by atoms with Crippen molar-refractivity contribution in [2.24, 2.45) is 0 Å². The van der Waals surface area contributed by atoms with Crippen molar-refractivity contribution in [3.05, 3.63) is 0 Å². The van der Waals surface area contributed by atoms with Crippen molar-refractivity contribution >= 4 is 11.9 Å². The maximum atomic E-state index is 11.1. The van der Waals surface area contributed by atoms with Gasteiger partial charge in [-0.2, -0.15) is 0 Å². The van der Waals surface area contributed by atoms with Gasteiger partial charge in [-0.15, -0.1) is 0 Å². The van der Waals surface area contributed by atoms with E-state index in [-0.39, 0.29) is 12.1 Å². The van der Waals surface area contributed by atoms with Crippen molar-refractivity contribution in [3.8, 4) is 0 Å². The fourth-order valence-electron chi connectivity index (χ4n) is 0.643. The van der Waals surface area contributed by atoms with Crippen molar-refractivity contribution < 1.29 is 14.3 Å². The summed E-state index contributed by atoms with van der Waals surface area (Å²) in [4.78, 5) is 22.0. The second-order valence-electron chi connectivity index (χ2n) is 3.41. The predicted molar refractivity (Wildman–Crippen MR) is 49.1 cm³/mol. The Hall–Kier alpha value is -1.06. The third-order valence-electron chi connectivity index (χ3n) is 1.80. The van der Waals surface area contributed by atoms with Gasteiger partial charge in [0.05, 0.1) is 6.61 Å². The molecule has 1 amide bonds. The second kappa shape index (κ2) is 4.84. The lowest BCUT2D eigenvalue weighted by Crippen LogP contribution is -2.46. The molecule has 0 radical (unpaired) electrons. The molecule has 0 aromatic carbocycles. The SMILES string of the molecule is CCOC(=O)C(=O)NC(C)(C)CC. The Labute approximate surface area is 78.6 Å². The Morgan fingerprint density at radius 2 is 1.85 bits per heavy atom. The highest BCUT2D eigenvalue weighted by atomic mass is 16.5. The Kier molecular flexibility index (Phi) is 4.45. The van der Waals surface area contributed by atoms with Crippen LogP contribution >= 0.6 is 0 Å². The smallest absolute Gasteiger partial charge is 0.396 e. The van der Waals surface area contributed by atoms with E-state index < -0.39 is 11.9 Å². The monoisotopic (exact) mass is 187 g/mol. The molecule has 0 aliphatic heterocycles. The summed E-state index contributed by atoms with van der Waals surface area (Å²) in [6.45, 7) is 7.52. The molecule has 0 bridgehead atoms. The van der Waals surface area contributed by atoms with Crippen LogP contribution in [0.3, 0.4) is 0 Å². The maximum Gasteiger partial charge on any atom is 0.396 e. The third-order valence-corrected chi connectivity index (χ3v) is 1.80. The van der Waals surface area contributed by atoms with Crippen molar-refractivity contribution in [3.63, 3.8) is 0 Å². The van der Waals surface area contributed by atoms with Gasteiger partial charge in [-0.3, -0.25) is 4.79 Å². The lowest BCUT2D eigenvalue weighted by molar-refractivity contribution is -0.155. The zero-order chi connectivity index (χ0) is 10.5. The van der Waals surface area contributed by atoms with Gasteiger partial charge in [0.1, 0.15) is 0 Å². The zero-order valence-electron chi connectivity index (χ0n) is 8.64. The second-order valence-corrected chi connectivity index (χ2v) is 3.41. The highest BCUT2D eigenvalue weighted by molar-refractivity contribution is 6.32. The van der Waals surface area contributed by atoms with E-state index in [1.54, 1.807) is 6.92 Å². The summed E-state index contributed by atoms with van der Waals surface area (Å²) in [5.74, 6) is -1.49. The number of carbonyl (C=O) groups is 2. The van der Waals surface area contributed by atoms with Crippen LogP contribution in [-0.2, 0) is 14.3 Å². The zero-order valence-corrected chi connectivity index (χ0v) is 8.64. The van der Waals surface area contributed by atoms with Gasteiger partial charge in [0.25, 0.3) is 0 Å². The summed E-state index contributed by atoms with van der Waals surface area (Å²) in [5, 5.41) is 2.58. The van der Waals surface area contributed by atoms with Crippen LogP contribution in [0.2, 0.25) is 0 Å². The number of rotatable bonds is 3. The van der Waals surface area contributed by atoms with E-state index in [0.29, 0.717) is 0 Å². The molecule has 0 heterocycles. The molecule has 0 saturated heterocycles. The van der Waals surface area contributed by atoms with Gasteiger partial charge < -0.3 is 10.1 Å². The molecule has 0 rings (SSSR count). The number of esters is 1. The molecule has 0 aromatic heterocycles. The van der Waals surface area contributed by atoms with E-state index in [4.69, 9.17) is 0 Å². The van der Waals surface area contributed by atoms with Crippen LogP contribution in [0.25, 0.3) is 0 Å². The predicted octanol–water partition coefficient (Wildman–Crippen LogP) is 0.854. The van der Waals surface area contributed by atoms with E-state index in [1.807, 2.05) is 20.8 Å². The molecule has 4 heteroatoms. The topological polar surface area (TPSA) is 55.4 Å². The van der Waals surface area contributed by atoms with Crippen LogP contribution in [0.15, 0.2) is 0 Å². The average Bonchev–Trinajstić information content (AvgIpc) is 2.04. The molecule has 1 N–H and O–H groups in total. The summed E-state index contributed by atoms with van der Waals surface area (Å²) >= 11 is 0. The number of amides is 1. The van der Waals surface area contributed by atoms with E-state index in [0.717, 1.165) is 6.42 Å². The summed E-state index contributed by atoms with van der Waals surface area (Å²) in [6, 6.07) is 0. The first-order valence-electron chi connectivity index (χ1n) is 4.42. The highest BCUT2D eigenvalue weighted by Crippen LogP contribution is 2.06. The summed E-state index contributed by atoms with van der Waals surface area (Å²) in [6.07, 6.45) is 0.762. The van der Waals surface area contributed by atoms with Gasteiger partial charge in [0.15, 0.2) is 0 Å². The number of carbonyl (C=O) groups excluding carboxylic acids is 2. The molecular weight excluding hydrogens is 170 g/mol. The molecule has 0 spiro atoms. The molecule has 13 heavy (non-hydrogen) atoms. The van der Waals surface area contributed by atoms with Crippen LogP contribution in [0.4, 0.5) is 0 Å². The molecule has 4 nitrogen and oxygen atoms in total. The van der Waals surface area contributed by atoms with Gasteiger partial charge >= 0.3 is 11.9 Å². The fraction of sp³-hybridized carbons (Fsp3) is 0.778. The first kappa shape index (κ1) is 11.9. The van der Waals surface area contributed by atoms with Crippen molar-refractivity contribution in [2.45, 2.75) is 39.7 Å². The van der Waals surface area contributed by atoms with Gasteiger partial charge in [-0.05, 0) is 27.2 Å². The Balaban J connectivity index is 4.07. The minimum Gasteiger partial charge on any atom is -0.459 e. The largest absolute Gasteiger partial charge is 0.459 e. The molecule has 0 aromatic rings. The van der Waals surface area contributed by atoms with Crippen LogP contribution in [0, 0.1) is 0 Å². The first-order chi connectivity index (χ1) is 5.93. The van der Waals surface area contributed by atoms with E-state index >= 15 is 0 Å². The molecule has 0 aliphatic rings. The molecular formula is C9H17NO3. The molecule has 0 saturated carbocycles. The molecule has 0 fully saturated rings. The van der Waals surface area contributed by atoms with Gasteiger partial charge in [-0.25, -0.2) is 4.79 Å². The van der Waals surface area contributed by atoms with E-state index in [2.05, 4.69) is 10.1 Å². The Morgan fingerprint density at radius 1 is 1.31 bits per heavy atom. The van der Waals surface area contributed by atoms with Crippen LogP contribution in [0.1, 0.15) is 34.1 Å². The number of hydrogen-bond acceptors (Lipinski definition) is 3. The van der Waals surface area contributed by atoms with Crippen molar-refractivity contribution in [2.75, 3.05) is 6.61 Å². The van der Waals surface area contributed by atoms with Crippen molar-refractivity contribution in [1.82, 2.24) is 5.32 Å². The number of hydrogen-bond donors (Lipinski definition) is 1. The summed E-state index contributed by atoms with van der Waals surface area (Å²) in [7, 11) is 0. The summed E-state index contributed by atoms with van der Waals surface area (Å²) in [5.41, 5.74) is -0.357. The lowest BCUT2D eigenvalue weighted by atomic mass is 10.0. The molecule has 76 valence electrons. The van der Waals surface area contributed by atoms with Crippen molar-refractivity contribution in [1.29, 1.82) is 0 Å². The normalized spacial score (nSPS) is 10.8. The highest BCUT2D eigenvalue weighted by Gasteiger charge is 2.23. The minimum absolute atomic E-state index is 0.221. The third kappa shape index (κ3) is 4.50. The van der Waals surface area contributed by atoms with E-state index in [1.165, 1.54) is 0 Å². The molecule has 0 aliphatic carbocycles. The minimum atomic E-state index is -0.816. The van der Waals surface area contributed by atoms with Gasteiger partial charge in [-0.1, -0.05) is 6.92 Å². The quantitative estimate of drug-likeness (QED) is 0.526.